The van der Waals surface area contributed by atoms with Crippen LogP contribution in [0.2, 0.25) is 0 Å². The summed E-state index contributed by atoms with van der Waals surface area (Å²) in [5.74, 6) is -0.884. The molecule has 6 nitrogen and oxygen atoms in total. The number of rotatable bonds is 7. The number of nitro benzene ring substituents is 1. The van der Waals surface area contributed by atoms with Crippen molar-refractivity contribution in [1.82, 2.24) is 0 Å². The van der Waals surface area contributed by atoms with Gasteiger partial charge in [-0.25, -0.2) is 0 Å². The Morgan fingerprint density at radius 2 is 2.00 bits per heavy atom. The Bertz CT molecular complexity index is 510. The fraction of sp³-hybridized carbons (Fsp3) is 0.500. The fourth-order valence-corrected chi connectivity index (χ4v) is 2.09. The molecule has 0 aliphatic heterocycles. The first kappa shape index (κ1) is 15.9. The van der Waals surface area contributed by atoms with Gasteiger partial charge in [-0.1, -0.05) is 19.9 Å². The summed E-state index contributed by atoms with van der Waals surface area (Å²) in [6.07, 6.45) is 0.927. The first-order valence-electron chi connectivity index (χ1n) is 6.58. The number of anilines is 1. The standard InChI is InChI=1S/C14H20N2O4/c1-4-14(5-2,13(17)18)9-15-11-8-10(3)6-7-12(11)16(19)20/h6-8,15H,4-5,9H2,1-3H3,(H,17,18). The number of hydrogen-bond donors (Lipinski definition) is 2. The molecule has 0 radical (unpaired) electrons. The van der Waals surface area contributed by atoms with Gasteiger partial charge in [0.05, 0.1) is 10.3 Å². The third-order valence-corrected chi connectivity index (χ3v) is 3.77. The number of aliphatic carboxylic acids is 1. The Morgan fingerprint density at radius 3 is 2.45 bits per heavy atom. The molecule has 2 N–H and O–H groups in total. The van der Waals surface area contributed by atoms with Crippen LogP contribution >= 0.6 is 0 Å². The summed E-state index contributed by atoms with van der Waals surface area (Å²) < 4.78 is 0. The van der Waals surface area contributed by atoms with Crippen molar-refractivity contribution in [3.63, 3.8) is 0 Å². The molecule has 0 saturated carbocycles. The third-order valence-electron chi connectivity index (χ3n) is 3.77. The van der Waals surface area contributed by atoms with Crippen LogP contribution in [-0.4, -0.2) is 22.5 Å². The number of nitrogens with zero attached hydrogens (tertiary/aromatic N) is 1. The van der Waals surface area contributed by atoms with Crippen molar-refractivity contribution in [3.8, 4) is 0 Å². The number of nitrogens with one attached hydrogen (secondary N) is 1. The lowest BCUT2D eigenvalue weighted by Gasteiger charge is -2.27. The first-order valence-corrected chi connectivity index (χ1v) is 6.58. The van der Waals surface area contributed by atoms with E-state index in [0.717, 1.165) is 5.56 Å². The third kappa shape index (κ3) is 3.26. The highest BCUT2D eigenvalue weighted by atomic mass is 16.6. The predicted molar refractivity (Wildman–Crippen MR) is 77.0 cm³/mol. The van der Waals surface area contributed by atoms with Crippen LogP contribution < -0.4 is 5.32 Å². The number of nitro groups is 1. The maximum Gasteiger partial charge on any atom is 0.311 e. The summed E-state index contributed by atoms with van der Waals surface area (Å²) in [4.78, 5) is 21.9. The maximum atomic E-state index is 11.4. The quantitative estimate of drug-likeness (QED) is 0.591. The van der Waals surface area contributed by atoms with Crippen LogP contribution in [0.1, 0.15) is 32.3 Å². The zero-order chi connectivity index (χ0) is 15.3. The number of hydrogen-bond acceptors (Lipinski definition) is 4. The van der Waals surface area contributed by atoms with E-state index in [2.05, 4.69) is 5.32 Å². The molecule has 0 bridgehead atoms. The molecule has 0 aromatic heterocycles. The number of carbonyl (C=O) groups is 1. The van der Waals surface area contributed by atoms with Gasteiger partial charge >= 0.3 is 5.97 Å². The molecule has 1 rings (SSSR count). The molecule has 20 heavy (non-hydrogen) atoms. The predicted octanol–water partition coefficient (Wildman–Crippen LogP) is 3.21. The van der Waals surface area contributed by atoms with Gasteiger partial charge in [-0.2, -0.15) is 0 Å². The minimum atomic E-state index is -0.905. The summed E-state index contributed by atoms with van der Waals surface area (Å²) in [5.41, 5.74) is 0.300. The van der Waals surface area contributed by atoms with Crippen LogP contribution in [0.3, 0.4) is 0 Å². The Labute approximate surface area is 118 Å². The van der Waals surface area contributed by atoms with E-state index in [-0.39, 0.29) is 12.2 Å². The van der Waals surface area contributed by atoms with Gasteiger partial charge in [0.15, 0.2) is 0 Å². The van der Waals surface area contributed by atoms with Gasteiger partial charge in [0.25, 0.3) is 5.69 Å². The molecule has 0 atom stereocenters. The van der Waals surface area contributed by atoms with Crippen LogP contribution in [0.5, 0.6) is 0 Å². The number of aryl methyl sites for hydroxylation is 1. The zero-order valence-electron chi connectivity index (χ0n) is 12.0. The lowest BCUT2D eigenvalue weighted by atomic mass is 9.82. The summed E-state index contributed by atoms with van der Waals surface area (Å²) in [5, 5.41) is 23.3. The van der Waals surface area contributed by atoms with Gasteiger partial charge in [0, 0.05) is 12.6 Å². The van der Waals surface area contributed by atoms with Crippen molar-refractivity contribution < 1.29 is 14.8 Å². The van der Waals surface area contributed by atoms with Gasteiger partial charge in [-0.05, 0) is 31.4 Å². The molecule has 0 heterocycles. The molecular weight excluding hydrogens is 260 g/mol. The molecule has 0 aliphatic rings. The van der Waals surface area contributed by atoms with Crippen LogP contribution in [0.25, 0.3) is 0 Å². The second-order valence-corrected chi connectivity index (χ2v) is 4.92. The summed E-state index contributed by atoms with van der Waals surface area (Å²) in [6, 6.07) is 4.75. The normalized spacial score (nSPS) is 11.2. The van der Waals surface area contributed by atoms with E-state index in [1.807, 2.05) is 20.8 Å². The van der Waals surface area contributed by atoms with E-state index in [4.69, 9.17) is 0 Å². The van der Waals surface area contributed by atoms with Crippen LogP contribution in [0.15, 0.2) is 18.2 Å². The lowest BCUT2D eigenvalue weighted by Crippen LogP contribution is -2.37. The Hall–Kier alpha value is -2.11. The molecule has 0 spiro atoms. The first-order chi connectivity index (χ1) is 9.36. The molecule has 0 amide bonds. The maximum absolute atomic E-state index is 11.4. The van der Waals surface area contributed by atoms with Gasteiger partial charge in [-0.3, -0.25) is 14.9 Å². The molecule has 6 heteroatoms. The minimum Gasteiger partial charge on any atom is -0.481 e. The smallest absolute Gasteiger partial charge is 0.311 e. The molecule has 1 aromatic rings. The van der Waals surface area contributed by atoms with E-state index >= 15 is 0 Å². The molecule has 0 saturated heterocycles. The van der Waals surface area contributed by atoms with Crippen molar-refractivity contribution >= 4 is 17.3 Å². The van der Waals surface area contributed by atoms with Gasteiger partial charge in [0.1, 0.15) is 5.69 Å². The number of carboxylic acids is 1. The highest BCUT2D eigenvalue weighted by Crippen LogP contribution is 2.30. The lowest BCUT2D eigenvalue weighted by molar-refractivity contribution is -0.384. The molecule has 0 unspecified atom stereocenters. The van der Waals surface area contributed by atoms with E-state index in [1.54, 1.807) is 12.1 Å². The van der Waals surface area contributed by atoms with E-state index in [9.17, 15) is 20.0 Å². The van der Waals surface area contributed by atoms with Gasteiger partial charge in [-0.15, -0.1) is 0 Å². The monoisotopic (exact) mass is 280 g/mol. The zero-order valence-corrected chi connectivity index (χ0v) is 12.0. The fourth-order valence-electron chi connectivity index (χ4n) is 2.09. The van der Waals surface area contributed by atoms with Crippen LogP contribution in [0.4, 0.5) is 11.4 Å². The van der Waals surface area contributed by atoms with Crippen molar-refractivity contribution in [2.24, 2.45) is 5.41 Å². The SMILES string of the molecule is CCC(CC)(CNc1cc(C)ccc1[N+](=O)[O-])C(=O)O. The van der Waals surface area contributed by atoms with Crippen molar-refractivity contribution in [1.29, 1.82) is 0 Å². The molecule has 110 valence electrons. The van der Waals surface area contributed by atoms with E-state index in [0.29, 0.717) is 18.5 Å². The van der Waals surface area contributed by atoms with Gasteiger partial charge < -0.3 is 10.4 Å². The number of benzene rings is 1. The van der Waals surface area contributed by atoms with E-state index < -0.39 is 16.3 Å². The second kappa shape index (κ2) is 6.36. The Balaban J connectivity index is 3.01. The highest BCUT2D eigenvalue weighted by molar-refractivity contribution is 5.76. The summed E-state index contributed by atoms with van der Waals surface area (Å²) >= 11 is 0. The van der Waals surface area contributed by atoms with Crippen LogP contribution in [0, 0.1) is 22.5 Å². The Morgan fingerprint density at radius 1 is 1.40 bits per heavy atom. The topological polar surface area (TPSA) is 92.5 Å². The summed E-state index contributed by atoms with van der Waals surface area (Å²) in [7, 11) is 0. The van der Waals surface area contributed by atoms with Gasteiger partial charge in [0.2, 0.25) is 0 Å². The average Bonchev–Trinajstić information content (AvgIpc) is 2.39. The van der Waals surface area contributed by atoms with E-state index in [1.165, 1.54) is 6.07 Å². The number of carboxylic acid groups (broad SMARTS) is 1. The van der Waals surface area contributed by atoms with Crippen molar-refractivity contribution in [2.75, 3.05) is 11.9 Å². The van der Waals surface area contributed by atoms with Crippen LogP contribution in [-0.2, 0) is 4.79 Å². The largest absolute Gasteiger partial charge is 0.481 e. The molecule has 0 aliphatic carbocycles. The van der Waals surface area contributed by atoms with Crippen molar-refractivity contribution in [3.05, 3.63) is 33.9 Å². The second-order valence-electron chi connectivity index (χ2n) is 4.92. The Kier molecular flexibility index (Phi) is 5.07. The highest BCUT2D eigenvalue weighted by Gasteiger charge is 2.35. The average molecular weight is 280 g/mol. The van der Waals surface area contributed by atoms with Crippen molar-refractivity contribution in [2.45, 2.75) is 33.6 Å². The molecule has 0 fully saturated rings. The summed E-state index contributed by atoms with van der Waals surface area (Å²) in [6.45, 7) is 5.62. The minimum absolute atomic E-state index is 0.0397. The molecular formula is C14H20N2O4. The molecule has 1 aromatic carbocycles.